The zero-order valence-corrected chi connectivity index (χ0v) is 13.7. The van der Waals surface area contributed by atoms with Gasteiger partial charge in [0, 0.05) is 24.5 Å². The zero-order chi connectivity index (χ0) is 15.1. The molecular formula is C15H25N3O2S. The standard InChI is InChI=1S/C15H25N3O2S/c1-3-8-18(13-6-5-7-16-9-13)10-12-11-21-14(17-12)15(19)20-4-2/h11,13,16H,3-10H2,1-2H3. The van der Waals surface area contributed by atoms with E-state index < -0.39 is 0 Å². The lowest BCUT2D eigenvalue weighted by Crippen LogP contribution is -2.45. The molecule has 2 rings (SSSR count). The Morgan fingerprint density at radius 3 is 3.10 bits per heavy atom. The Morgan fingerprint density at radius 2 is 2.43 bits per heavy atom. The molecule has 1 atom stereocenters. The van der Waals surface area contributed by atoms with Gasteiger partial charge in [0.1, 0.15) is 0 Å². The minimum absolute atomic E-state index is 0.310. The van der Waals surface area contributed by atoms with Crippen molar-refractivity contribution >= 4 is 17.3 Å². The summed E-state index contributed by atoms with van der Waals surface area (Å²) in [7, 11) is 0. The van der Waals surface area contributed by atoms with E-state index >= 15 is 0 Å². The molecule has 1 fully saturated rings. The van der Waals surface area contributed by atoms with Gasteiger partial charge in [-0.05, 0) is 39.3 Å². The summed E-state index contributed by atoms with van der Waals surface area (Å²) in [5.41, 5.74) is 0.974. The lowest BCUT2D eigenvalue weighted by molar-refractivity contribution is 0.0525. The Kier molecular flexibility index (Phi) is 6.60. The van der Waals surface area contributed by atoms with Crippen molar-refractivity contribution in [2.75, 3.05) is 26.2 Å². The molecule has 0 aliphatic carbocycles. The molecule has 0 aromatic carbocycles. The number of rotatable bonds is 7. The average molecular weight is 311 g/mol. The number of esters is 1. The van der Waals surface area contributed by atoms with E-state index in [0.717, 1.165) is 38.3 Å². The second kappa shape index (κ2) is 8.46. The van der Waals surface area contributed by atoms with Crippen LogP contribution in [0.4, 0.5) is 0 Å². The summed E-state index contributed by atoms with van der Waals surface area (Å²) in [5.74, 6) is -0.310. The molecule has 5 nitrogen and oxygen atoms in total. The van der Waals surface area contributed by atoms with Crippen molar-refractivity contribution in [1.29, 1.82) is 0 Å². The Balaban J connectivity index is 1.97. The van der Waals surface area contributed by atoms with Gasteiger partial charge in [0.15, 0.2) is 0 Å². The molecule has 0 saturated carbocycles. The summed E-state index contributed by atoms with van der Waals surface area (Å²) in [6.45, 7) is 8.47. The quantitative estimate of drug-likeness (QED) is 0.783. The monoisotopic (exact) mass is 311 g/mol. The van der Waals surface area contributed by atoms with Crippen LogP contribution in [-0.4, -0.2) is 48.1 Å². The van der Waals surface area contributed by atoms with Gasteiger partial charge in [0.2, 0.25) is 5.01 Å². The van der Waals surface area contributed by atoms with Gasteiger partial charge < -0.3 is 10.1 Å². The molecule has 1 unspecified atom stereocenters. The van der Waals surface area contributed by atoms with Crippen molar-refractivity contribution in [1.82, 2.24) is 15.2 Å². The molecular weight excluding hydrogens is 286 g/mol. The normalized spacial score (nSPS) is 18.9. The maximum atomic E-state index is 11.7. The van der Waals surface area contributed by atoms with Crippen LogP contribution in [0.2, 0.25) is 0 Å². The number of ether oxygens (including phenoxy) is 1. The largest absolute Gasteiger partial charge is 0.461 e. The Bertz CT molecular complexity index is 444. The molecule has 1 N–H and O–H groups in total. The van der Waals surface area contributed by atoms with Crippen LogP contribution < -0.4 is 5.32 Å². The number of hydrogen-bond donors (Lipinski definition) is 1. The van der Waals surface area contributed by atoms with Crippen molar-refractivity contribution in [2.24, 2.45) is 0 Å². The number of carbonyl (C=O) groups is 1. The van der Waals surface area contributed by atoms with Crippen LogP contribution in [0.25, 0.3) is 0 Å². The Labute approximate surface area is 130 Å². The number of piperidine rings is 1. The predicted molar refractivity (Wildman–Crippen MR) is 84.7 cm³/mol. The summed E-state index contributed by atoms with van der Waals surface area (Å²) >= 11 is 1.38. The first-order chi connectivity index (χ1) is 10.2. The smallest absolute Gasteiger partial charge is 0.367 e. The molecule has 1 aliphatic heterocycles. The van der Waals surface area contributed by atoms with Crippen LogP contribution in [0, 0.1) is 0 Å². The SMILES string of the molecule is CCCN(Cc1csc(C(=O)OCC)n1)C1CCCNC1. The van der Waals surface area contributed by atoms with E-state index in [1.807, 2.05) is 12.3 Å². The van der Waals surface area contributed by atoms with E-state index in [0.29, 0.717) is 17.7 Å². The topological polar surface area (TPSA) is 54.5 Å². The number of aromatic nitrogens is 1. The van der Waals surface area contributed by atoms with Crippen molar-refractivity contribution in [3.63, 3.8) is 0 Å². The first-order valence-electron chi connectivity index (χ1n) is 7.80. The maximum absolute atomic E-state index is 11.7. The van der Waals surface area contributed by atoms with Crippen LogP contribution in [0.3, 0.4) is 0 Å². The second-order valence-electron chi connectivity index (χ2n) is 5.34. The summed E-state index contributed by atoms with van der Waals surface area (Å²) < 4.78 is 5.00. The van der Waals surface area contributed by atoms with Gasteiger partial charge in [-0.25, -0.2) is 9.78 Å². The molecule has 6 heteroatoms. The molecule has 2 heterocycles. The number of hydrogen-bond acceptors (Lipinski definition) is 6. The second-order valence-corrected chi connectivity index (χ2v) is 6.19. The molecule has 1 saturated heterocycles. The molecule has 0 spiro atoms. The number of thiazole rings is 1. The third kappa shape index (κ3) is 4.76. The molecule has 21 heavy (non-hydrogen) atoms. The molecule has 1 aromatic rings. The van der Waals surface area contributed by atoms with E-state index in [4.69, 9.17) is 4.74 Å². The highest BCUT2D eigenvalue weighted by Gasteiger charge is 2.22. The zero-order valence-electron chi connectivity index (χ0n) is 12.9. The number of carbonyl (C=O) groups excluding carboxylic acids is 1. The highest BCUT2D eigenvalue weighted by atomic mass is 32.1. The third-order valence-corrected chi connectivity index (χ3v) is 4.54. The fourth-order valence-corrected chi connectivity index (χ4v) is 3.40. The van der Waals surface area contributed by atoms with Gasteiger partial charge in [0.25, 0.3) is 0 Å². The number of nitrogens with zero attached hydrogens (tertiary/aromatic N) is 2. The van der Waals surface area contributed by atoms with E-state index in [-0.39, 0.29) is 5.97 Å². The van der Waals surface area contributed by atoms with Gasteiger partial charge in [0.05, 0.1) is 12.3 Å². The average Bonchev–Trinajstić information content (AvgIpc) is 2.97. The van der Waals surface area contributed by atoms with Gasteiger partial charge in [-0.1, -0.05) is 6.92 Å². The predicted octanol–water partition coefficient (Wildman–Crippen LogP) is 2.28. The van der Waals surface area contributed by atoms with E-state index in [9.17, 15) is 4.79 Å². The summed E-state index contributed by atoms with van der Waals surface area (Å²) in [5, 5.41) is 5.91. The number of nitrogens with one attached hydrogen (secondary N) is 1. The minimum Gasteiger partial charge on any atom is -0.461 e. The first kappa shape index (κ1) is 16.4. The molecule has 118 valence electrons. The van der Waals surface area contributed by atoms with Crippen LogP contribution >= 0.6 is 11.3 Å². The van der Waals surface area contributed by atoms with Crippen molar-refractivity contribution in [3.05, 3.63) is 16.1 Å². The van der Waals surface area contributed by atoms with Crippen molar-refractivity contribution < 1.29 is 9.53 Å². The lowest BCUT2D eigenvalue weighted by atomic mass is 10.1. The fraction of sp³-hybridized carbons (Fsp3) is 0.733. The molecule has 1 aliphatic rings. The van der Waals surface area contributed by atoms with Gasteiger partial charge >= 0.3 is 5.97 Å². The lowest BCUT2D eigenvalue weighted by Gasteiger charge is -2.34. The highest BCUT2D eigenvalue weighted by Crippen LogP contribution is 2.17. The summed E-state index contributed by atoms with van der Waals surface area (Å²) in [4.78, 5) is 18.6. The fourth-order valence-electron chi connectivity index (χ4n) is 2.70. The maximum Gasteiger partial charge on any atom is 0.367 e. The van der Waals surface area contributed by atoms with Crippen LogP contribution in [0.1, 0.15) is 48.6 Å². The summed E-state index contributed by atoms with van der Waals surface area (Å²) in [6, 6.07) is 0.575. The molecule has 0 radical (unpaired) electrons. The minimum atomic E-state index is -0.310. The third-order valence-electron chi connectivity index (χ3n) is 3.66. The molecule has 1 aromatic heterocycles. The molecule has 0 amide bonds. The van der Waals surface area contributed by atoms with Gasteiger partial charge in [-0.2, -0.15) is 0 Å². The Hall–Kier alpha value is -0.980. The van der Waals surface area contributed by atoms with Crippen molar-refractivity contribution in [2.45, 2.75) is 45.7 Å². The highest BCUT2D eigenvalue weighted by molar-refractivity contribution is 7.11. The van der Waals surface area contributed by atoms with Crippen LogP contribution in [0.15, 0.2) is 5.38 Å². The van der Waals surface area contributed by atoms with Crippen molar-refractivity contribution in [3.8, 4) is 0 Å². The van der Waals surface area contributed by atoms with Crippen LogP contribution in [-0.2, 0) is 11.3 Å². The van der Waals surface area contributed by atoms with E-state index in [2.05, 4.69) is 22.1 Å². The first-order valence-corrected chi connectivity index (χ1v) is 8.68. The van der Waals surface area contributed by atoms with Crippen LogP contribution in [0.5, 0.6) is 0 Å². The van der Waals surface area contributed by atoms with E-state index in [1.54, 1.807) is 0 Å². The Morgan fingerprint density at radius 1 is 1.57 bits per heavy atom. The molecule has 0 bridgehead atoms. The van der Waals surface area contributed by atoms with Gasteiger partial charge in [-0.15, -0.1) is 11.3 Å². The summed E-state index contributed by atoms with van der Waals surface area (Å²) in [6.07, 6.45) is 3.60. The van der Waals surface area contributed by atoms with E-state index in [1.165, 1.54) is 24.2 Å². The van der Waals surface area contributed by atoms with Gasteiger partial charge in [-0.3, -0.25) is 4.90 Å².